The lowest BCUT2D eigenvalue weighted by Gasteiger charge is -2.35. The van der Waals surface area contributed by atoms with Crippen molar-refractivity contribution in [3.05, 3.63) is 35.4 Å². The van der Waals surface area contributed by atoms with Gasteiger partial charge < -0.3 is 10.6 Å². The zero-order valence-electron chi connectivity index (χ0n) is 11.3. The molecular weight excluding hydrogens is 256 g/mol. The van der Waals surface area contributed by atoms with Gasteiger partial charge in [0.15, 0.2) is 0 Å². The number of likely N-dealkylation sites (tertiary alicyclic amines) is 1. The van der Waals surface area contributed by atoms with Crippen molar-refractivity contribution >= 4 is 23.1 Å². The summed E-state index contributed by atoms with van der Waals surface area (Å²) in [5, 5.41) is 0. The Morgan fingerprint density at radius 2 is 2.05 bits per heavy atom. The molecule has 3 nitrogen and oxygen atoms in total. The van der Waals surface area contributed by atoms with Crippen LogP contribution in [-0.2, 0) is 6.42 Å². The lowest BCUT2D eigenvalue weighted by Crippen LogP contribution is -2.49. The van der Waals surface area contributed by atoms with Crippen molar-refractivity contribution in [3.8, 4) is 0 Å². The third-order valence-corrected chi connectivity index (χ3v) is 3.97. The molecule has 2 N–H and O–H groups in total. The SMILES string of the molecule is CCc1ccc(C(=O)N2CCCCC2C(N)=S)cc1. The third kappa shape index (κ3) is 3.13. The van der Waals surface area contributed by atoms with Gasteiger partial charge >= 0.3 is 0 Å². The standard InChI is InChI=1S/C15H20N2OS/c1-2-11-6-8-12(9-7-11)15(18)17-10-4-3-5-13(17)14(16)19/h6-9,13H,2-5,10H2,1H3,(H2,16,19). The van der Waals surface area contributed by atoms with Gasteiger partial charge in [-0.15, -0.1) is 0 Å². The minimum Gasteiger partial charge on any atom is -0.392 e. The fourth-order valence-electron chi connectivity index (χ4n) is 2.52. The number of amides is 1. The monoisotopic (exact) mass is 276 g/mol. The molecule has 0 aromatic heterocycles. The maximum absolute atomic E-state index is 12.5. The first kappa shape index (κ1) is 14.0. The minimum atomic E-state index is -0.0814. The second kappa shape index (κ2) is 6.15. The normalized spacial score (nSPS) is 19.2. The van der Waals surface area contributed by atoms with E-state index in [2.05, 4.69) is 6.92 Å². The minimum absolute atomic E-state index is 0.0418. The Hall–Kier alpha value is -1.42. The molecule has 1 fully saturated rings. The fourth-order valence-corrected chi connectivity index (χ4v) is 2.76. The molecule has 0 aliphatic carbocycles. The zero-order chi connectivity index (χ0) is 13.8. The topological polar surface area (TPSA) is 46.3 Å². The Balaban J connectivity index is 2.18. The van der Waals surface area contributed by atoms with Gasteiger partial charge in [-0.25, -0.2) is 0 Å². The van der Waals surface area contributed by atoms with Gasteiger partial charge in [0.05, 0.1) is 11.0 Å². The fraction of sp³-hybridized carbons (Fsp3) is 0.467. The number of piperidine rings is 1. The summed E-state index contributed by atoms with van der Waals surface area (Å²) in [4.78, 5) is 14.8. The summed E-state index contributed by atoms with van der Waals surface area (Å²) in [6.45, 7) is 2.85. The van der Waals surface area contributed by atoms with Crippen LogP contribution in [0.3, 0.4) is 0 Å². The lowest BCUT2D eigenvalue weighted by atomic mass is 10.0. The van der Waals surface area contributed by atoms with Crippen molar-refractivity contribution in [1.82, 2.24) is 4.90 Å². The molecule has 1 aromatic carbocycles. The number of nitrogens with two attached hydrogens (primary N) is 1. The summed E-state index contributed by atoms with van der Waals surface area (Å²) in [5.74, 6) is 0.0418. The molecule has 1 unspecified atom stereocenters. The summed E-state index contributed by atoms with van der Waals surface area (Å²) in [6.07, 6.45) is 3.97. The number of nitrogens with zero attached hydrogens (tertiary/aromatic N) is 1. The Bertz CT molecular complexity index is 470. The maximum Gasteiger partial charge on any atom is 0.254 e. The first-order valence-corrected chi connectivity index (χ1v) is 7.23. The quantitative estimate of drug-likeness (QED) is 0.863. The number of hydrogen-bond acceptors (Lipinski definition) is 2. The van der Waals surface area contributed by atoms with Crippen molar-refractivity contribution in [2.45, 2.75) is 38.6 Å². The van der Waals surface area contributed by atoms with Gasteiger partial charge in [0.1, 0.15) is 0 Å². The highest BCUT2D eigenvalue weighted by atomic mass is 32.1. The molecule has 0 bridgehead atoms. The Morgan fingerprint density at radius 1 is 1.37 bits per heavy atom. The predicted molar refractivity (Wildman–Crippen MR) is 81.3 cm³/mol. The van der Waals surface area contributed by atoms with Crippen molar-refractivity contribution in [2.75, 3.05) is 6.54 Å². The van der Waals surface area contributed by atoms with Crippen LogP contribution in [-0.4, -0.2) is 28.4 Å². The molecule has 1 atom stereocenters. The van der Waals surface area contributed by atoms with Crippen LogP contribution in [0, 0.1) is 0 Å². The average molecular weight is 276 g/mol. The molecule has 0 radical (unpaired) electrons. The highest BCUT2D eigenvalue weighted by molar-refractivity contribution is 7.80. The molecule has 1 amide bonds. The second-order valence-electron chi connectivity index (χ2n) is 4.96. The van der Waals surface area contributed by atoms with Crippen LogP contribution < -0.4 is 5.73 Å². The summed E-state index contributed by atoms with van der Waals surface area (Å²) in [5.41, 5.74) is 7.72. The van der Waals surface area contributed by atoms with Crippen LogP contribution in [0.2, 0.25) is 0 Å². The molecule has 1 aliphatic heterocycles. The Kier molecular flexibility index (Phi) is 4.53. The average Bonchev–Trinajstić information content (AvgIpc) is 2.46. The van der Waals surface area contributed by atoms with Crippen LogP contribution in [0.5, 0.6) is 0 Å². The highest BCUT2D eigenvalue weighted by Gasteiger charge is 2.29. The molecule has 1 saturated heterocycles. The highest BCUT2D eigenvalue weighted by Crippen LogP contribution is 2.20. The first-order chi connectivity index (χ1) is 9.13. The van der Waals surface area contributed by atoms with Crippen molar-refractivity contribution < 1.29 is 4.79 Å². The van der Waals surface area contributed by atoms with Gasteiger partial charge in [0, 0.05) is 12.1 Å². The number of carbonyl (C=O) groups excluding carboxylic acids is 1. The van der Waals surface area contributed by atoms with E-state index >= 15 is 0 Å². The molecule has 1 aliphatic rings. The van der Waals surface area contributed by atoms with Crippen LogP contribution in [0.25, 0.3) is 0 Å². The molecule has 1 aromatic rings. The van der Waals surface area contributed by atoms with E-state index < -0.39 is 0 Å². The van der Waals surface area contributed by atoms with Gasteiger partial charge in [-0.05, 0) is 43.4 Å². The number of hydrogen-bond donors (Lipinski definition) is 1. The van der Waals surface area contributed by atoms with E-state index in [1.165, 1.54) is 5.56 Å². The predicted octanol–water partition coefficient (Wildman–Crippen LogP) is 2.53. The molecule has 4 heteroatoms. The van der Waals surface area contributed by atoms with Crippen molar-refractivity contribution in [3.63, 3.8) is 0 Å². The number of thiocarbonyl (C=S) groups is 1. The largest absolute Gasteiger partial charge is 0.392 e. The third-order valence-electron chi connectivity index (χ3n) is 3.70. The van der Waals surface area contributed by atoms with E-state index in [0.717, 1.165) is 37.8 Å². The number of rotatable bonds is 3. The van der Waals surface area contributed by atoms with Crippen LogP contribution >= 0.6 is 12.2 Å². The van der Waals surface area contributed by atoms with Gasteiger partial charge in [-0.1, -0.05) is 31.3 Å². The first-order valence-electron chi connectivity index (χ1n) is 6.82. The van der Waals surface area contributed by atoms with Gasteiger partial charge in [-0.2, -0.15) is 0 Å². The van der Waals surface area contributed by atoms with Crippen LogP contribution in [0.4, 0.5) is 0 Å². The summed E-state index contributed by atoms with van der Waals surface area (Å²) < 4.78 is 0. The van der Waals surface area contributed by atoms with Gasteiger partial charge in [0.25, 0.3) is 5.91 Å². The zero-order valence-corrected chi connectivity index (χ0v) is 12.1. The number of benzene rings is 1. The van der Waals surface area contributed by atoms with E-state index in [9.17, 15) is 4.79 Å². The van der Waals surface area contributed by atoms with Gasteiger partial charge in [0.2, 0.25) is 0 Å². The summed E-state index contributed by atoms with van der Waals surface area (Å²) in [7, 11) is 0. The van der Waals surface area contributed by atoms with Crippen molar-refractivity contribution in [1.29, 1.82) is 0 Å². The van der Waals surface area contributed by atoms with Gasteiger partial charge in [-0.3, -0.25) is 4.79 Å². The Labute approximate surface area is 119 Å². The van der Waals surface area contributed by atoms with E-state index in [1.54, 1.807) is 0 Å². The smallest absolute Gasteiger partial charge is 0.254 e. The number of carbonyl (C=O) groups is 1. The molecule has 2 rings (SSSR count). The van der Waals surface area contributed by atoms with Crippen LogP contribution in [0.1, 0.15) is 42.1 Å². The van der Waals surface area contributed by atoms with Crippen LogP contribution in [0.15, 0.2) is 24.3 Å². The Morgan fingerprint density at radius 3 is 2.63 bits per heavy atom. The molecule has 0 spiro atoms. The maximum atomic E-state index is 12.5. The molecular formula is C15H20N2OS. The summed E-state index contributed by atoms with van der Waals surface area (Å²) >= 11 is 5.09. The van der Waals surface area contributed by atoms with Crippen molar-refractivity contribution in [2.24, 2.45) is 5.73 Å². The molecule has 102 valence electrons. The lowest BCUT2D eigenvalue weighted by molar-refractivity contribution is 0.0681. The van der Waals surface area contributed by atoms with E-state index in [4.69, 9.17) is 18.0 Å². The second-order valence-corrected chi connectivity index (χ2v) is 5.43. The number of aryl methyl sites for hydroxylation is 1. The molecule has 1 heterocycles. The molecule has 0 saturated carbocycles. The van der Waals surface area contributed by atoms with E-state index in [-0.39, 0.29) is 11.9 Å². The summed E-state index contributed by atoms with van der Waals surface area (Å²) in [6, 6.07) is 7.72. The van der Waals surface area contributed by atoms with E-state index in [0.29, 0.717) is 4.99 Å². The molecule has 19 heavy (non-hydrogen) atoms. The van der Waals surface area contributed by atoms with E-state index in [1.807, 2.05) is 29.2 Å².